The van der Waals surface area contributed by atoms with Crippen LogP contribution in [0.5, 0.6) is 0 Å². The lowest BCUT2D eigenvalue weighted by Crippen LogP contribution is -2.36. The summed E-state index contributed by atoms with van der Waals surface area (Å²) < 4.78 is 34.1. The summed E-state index contributed by atoms with van der Waals surface area (Å²) in [6.07, 6.45) is 35.2. The van der Waals surface area contributed by atoms with Gasteiger partial charge < -0.3 is 18.9 Å². The Labute approximate surface area is 338 Å². The SMILES string of the molecule is CCCCCCCCC1CC1CCCCCCCC(=O)OCC(COP(=O)(O)OC[N+](C)(C)C)OC(=O)CCCCCCCC1CC1CCCCCCCC. The first kappa shape index (κ1) is 50.2. The quantitative estimate of drug-likeness (QED) is 0.0215. The second-order valence-corrected chi connectivity index (χ2v) is 19.8. The number of carbonyl (C=O) groups is 2. The number of phosphoric acid groups is 1. The van der Waals surface area contributed by atoms with Gasteiger partial charge in [0, 0.05) is 12.8 Å². The van der Waals surface area contributed by atoms with Gasteiger partial charge in [0.25, 0.3) is 0 Å². The number of esters is 2. The third-order valence-corrected chi connectivity index (χ3v) is 12.6. The van der Waals surface area contributed by atoms with Crippen molar-refractivity contribution in [3.05, 3.63) is 0 Å². The highest BCUT2D eigenvalue weighted by Crippen LogP contribution is 2.47. The molecule has 0 aromatic heterocycles. The lowest BCUT2D eigenvalue weighted by molar-refractivity contribution is -0.887. The Morgan fingerprint density at radius 3 is 1.36 bits per heavy atom. The summed E-state index contributed by atoms with van der Waals surface area (Å²) in [4.78, 5) is 35.5. The first-order valence-corrected chi connectivity index (χ1v) is 24.7. The summed E-state index contributed by atoms with van der Waals surface area (Å²) in [6, 6.07) is 0. The van der Waals surface area contributed by atoms with E-state index in [0.717, 1.165) is 62.2 Å². The molecule has 0 spiro atoms. The molecule has 2 aliphatic carbocycles. The van der Waals surface area contributed by atoms with Gasteiger partial charge in [0.15, 0.2) is 12.8 Å². The van der Waals surface area contributed by atoms with Gasteiger partial charge in [-0.15, -0.1) is 0 Å². The van der Waals surface area contributed by atoms with E-state index in [1.165, 1.54) is 141 Å². The fourth-order valence-electron chi connectivity index (χ4n) is 7.90. The normalized spacial score (nSPS) is 20.9. The number of hydrogen-bond acceptors (Lipinski definition) is 7. The van der Waals surface area contributed by atoms with Crippen LogP contribution in [0, 0.1) is 23.7 Å². The molecule has 10 heteroatoms. The van der Waals surface area contributed by atoms with Crippen LogP contribution in [0.25, 0.3) is 0 Å². The molecular formula is C45H87NO8P+. The van der Waals surface area contributed by atoms with E-state index >= 15 is 0 Å². The van der Waals surface area contributed by atoms with E-state index in [9.17, 15) is 19.0 Å². The van der Waals surface area contributed by atoms with Crippen molar-refractivity contribution in [3.63, 3.8) is 0 Å². The van der Waals surface area contributed by atoms with E-state index in [0.29, 0.717) is 10.9 Å². The van der Waals surface area contributed by atoms with Crippen molar-refractivity contribution in [2.75, 3.05) is 41.1 Å². The maximum Gasteiger partial charge on any atom is 0.476 e. The smallest absolute Gasteiger partial charge is 0.462 e. The van der Waals surface area contributed by atoms with Gasteiger partial charge in [-0.2, -0.15) is 0 Å². The van der Waals surface area contributed by atoms with Crippen LogP contribution in [0.1, 0.15) is 206 Å². The van der Waals surface area contributed by atoms with Gasteiger partial charge in [-0.05, 0) is 49.4 Å². The molecule has 324 valence electrons. The highest BCUT2D eigenvalue weighted by molar-refractivity contribution is 7.47. The van der Waals surface area contributed by atoms with Crippen molar-refractivity contribution in [2.45, 2.75) is 213 Å². The van der Waals surface area contributed by atoms with E-state index in [1.54, 1.807) is 0 Å². The largest absolute Gasteiger partial charge is 0.476 e. The minimum atomic E-state index is -4.38. The third-order valence-electron chi connectivity index (χ3n) is 11.7. The molecule has 0 bridgehead atoms. The molecule has 0 saturated heterocycles. The number of unbranched alkanes of at least 4 members (excludes halogenated alkanes) is 18. The summed E-state index contributed by atoms with van der Waals surface area (Å²) in [5.41, 5.74) is 0. The second-order valence-electron chi connectivity index (χ2n) is 18.3. The number of quaternary nitrogens is 1. The van der Waals surface area contributed by atoms with E-state index in [-0.39, 0.29) is 25.7 Å². The zero-order valence-corrected chi connectivity index (χ0v) is 37.3. The number of ether oxygens (including phenoxy) is 2. The lowest BCUT2D eigenvalue weighted by Gasteiger charge is -2.25. The van der Waals surface area contributed by atoms with Crippen LogP contribution in [0.15, 0.2) is 0 Å². The Hall–Kier alpha value is -0.990. The number of nitrogens with zero attached hydrogens (tertiary/aromatic N) is 1. The monoisotopic (exact) mass is 801 g/mol. The van der Waals surface area contributed by atoms with Gasteiger partial charge in [0.1, 0.15) is 6.61 Å². The minimum absolute atomic E-state index is 0.0337. The van der Waals surface area contributed by atoms with Crippen LogP contribution >= 0.6 is 7.82 Å². The number of carbonyl (C=O) groups excluding carboxylic acids is 2. The molecule has 0 aromatic rings. The molecule has 0 aliphatic heterocycles. The molecule has 2 rings (SSSR count). The average Bonchev–Trinajstić information content (AvgIpc) is 4.07. The highest BCUT2D eigenvalue weighted by Gasteiger charge is 2.36. The minimum Gasteiger partial charge on any atom is -0.462 e. The molecule has 2 aliphatic rings. The fourth-order valence-corrected chi connectivity index (χ4v) is 8.82. The summed E-state index contributed by atoms with van der Waals surface area (Å²) in [5.74, 6) is 3.08. The first-order valence-electron chi connectivity index (χ1n) is 23.2. The summed E-state index contributed by atoms with van der Waals surface area (Å²) in [6.45, 7) is 3.89. The Morgan fingerprint density at radius 1 is 0.564 bits per heavy atom. The van der Waals surface area contributed by atoms with E-state index in [4.69, 9.17) is 18.5 Å². The van der Waals surface area contributed by atoms with Crippen molar-refractivity contribution in [1.29, 1.82) is 0 Å². The Bertz CT molecular complexity index is 1030. The van der Waals surface area contributed by atoms with Gasteiger partial charge in [0.05, 0.1) is 27.7 Å². The molecule has 0 heterocycles. The molecule has 0 radical (unpaired) electrons. The Morgan fingerprint density at radius 2 is 0.945 bits per heavy atom. The zero-order chi connectivity index (χ0) is 40.2. The molecular weight excluding hydrogens is 713 g/mol. The van der Waals surface area contributed by atoms with Crippen LogP contribution < -0.4 is 0 Å². The molecule has 6 unspecified atom stereocenters. The summed E-state index contributed by atoms with van der Waals surface area (Å²) >= 11 is 0. The Balaban J connectivity index is 1.56. The predicted octanol–water partition coefficient (Wildman–Crippen LogP) is 12.5. The molecule has 1 N–H and O–H groups in total. The van der Waals surface area contributed by atoms with Crippen LogP contribution in [0.4, 0.5) is 0 Å². The van der Waals surface area contributed by atoms with E-state index in [2.05, 4.69) is 13.8 Å². The van der Waals surface area contributed by atoms with Gasteiger partial charge in [-0.25, -0.2) is 9.09 Å². The second kappa shape index (κ2) is 30.1. The van der Waals surface area contributed by atoms with Crippen molar-refractivity contribution < 1.29 is 42.1 Å². The molecule has 6 atom stereocenters. The van der Waals surface area contributed by atoms with E-state index < -0.39 is 26.5 Å². The predicted molar refractivity (Wildman–Crippen MR) is 224 cm³/mol. The van der Waals surface area contributed by atoms with Gasteiger partial charge >= 0.3 is 19.8 Å². The molecule has 55 heavy (non-hydrogen) atoms. The van der Waals surface area contributed by atoms with Crippen LogP contribution in [-0.2, 0) is 32.7 Å². The number of rotatable bonds is 39. The van der Waals surface area contributed by atoms with Crippen molar-refractivity contribution in [3.8, 4) is 0 Å². The first-order chi connectivity index (χ1) is 26.4. The number of phosphoric ester groups is 1. The number of hydrogen-bond donors (Lipinski definition) is 1. The summed E-state index contributed by atoms with van der Waals surface area (Å²) in [5, 5.41) is 0. The van der Waals surface area contributed by atoms with Crippen LogP contribution in [0.2, 0.25) is 0 Å². The Kier molecular flexibility index (Phi) is 27.5. The fraction of sp³-hybridized carbons (Fsp3) is 0.956. The van der Waals surface area contributed by atoms with Gasteiger partial charge in [-0.1, -0.05) is 168 Å². The standard InChI is InChI=1S/C45H86NO8P/c1-6-8-10-12-16-22-28-39-34-41(39)30-24-18-14-20-26-32-44(47)51-36-43(37-52-55(49,50)53-38-46(3,4)5)54-45(48)33-27-21-15-19-25-31-42-35-40(42)29-23-17-13-11-9-7-2/h39-43H,6-38H2,1-5H3/p+1. The van der Waals surface area contributed by atoms with Crippen LogP contribution in [-0.4, -0.2) is 68.5 Å². The zero-order valence-electron chi connectivity index (χ0n) is 36.4. The maximum absolute atomic E-state index is 12.7. The van der Waals surface area contributed by atoms with E-state index in [1.807, 2.05) is 21.1 Å². The lowest BCUT2D eigenvalue weighted by atomic mass is 10.0. The molecule has 2 fully saturated rings. The molecule has 0 amide bonds. The highest BCUT2D eigenvalue weighted by atomic mass is 31.2. The van der Waals surface area contributed by atoms with Crippen LogP contribution in [0.3, 0.4) is 0 Å². The average molecular weight is 801 g/mol. The van der Waals surface area contributed by atoms with Crippen molar-refractivity contribution in [2.24, 2.45) is 23.7 Å². The van der Waals surface area contributed by atoms with Crippen molar-refractivity contribution in [1.82, 2.24) is 0 Å². The third kappa shape index (κ3) is 29.0. The van der Waals surface area contributed by atoms with Gasteiger partial charge in [0.2, 0.25) is 0 Å². The van der Waals surface area contributed by atoms with Crippen molar-refractivity contribution >= 4 is 19.8 Å². The summed E-state index contributed by atoms with van der Waals surface area (Å²) in [7, 11) is 1.09. The maximum atomic E-state index is 12.7. The van der Waals surface area contributed by atoms with Gasteiger partial charge in [-0.3, -0.25) is 14.1 Å². The topological polar surface area (TPSA) is 108 Å². The molecule has 2 saturated carbocycles. The molecule has 9 nitrogen and oxygen atoms in total. The molecule has 0 aromatic carbocycles.